The van der Waals surface area contributed by atoms with E-state index in [1.54, 1.807) is 12.1 Å². The van der Waals surface area contributed by atoms with E-state index in [-0.39, 0.29) is 0 Å². The van der Waals surface area contributed by atoms with Gasteiger partial charge in [-0.3, -0.25) is 0 Å². The minimum Gasteiger partial charge on any atom is -0.494 e. The lowest BCUT2D eigenvalue weighted by Gasteiger charge is -2.27. The number of benzene rings is 1. The van der Waals surface area contributed by atoms with E-state index in [2.05, 4.69) is 18.0 Å². The first-order valence-electron chi connectivity index (χ1n) is 7.71. The molecule has 4 nitrogen and oxygen atoms in total. The summed E-state index contributed by atoms with van der Waals surface area (Å²) in [6, 6.07) is 9.35. The molecule has 1 aromatic rings. The van der Waals surface area contributed by atoms with Crippen molar-refractivity contribution in [2.45, 2.75) is 31.8 Å². The van der Waals surface area contributed by atoms with E-state index in [0.29, 0.717) is 18.3 Å². The summed E-state index contributed by atoms with van der Waals surface area (Å²) in [5.41, 5.74) is 0.662. The lowest BCUT2D eigenvalue weighted by Crippen LogP contribution is -2.34. The lowest BCUT2D eigenvalue weighted by atomic mass is 10.1. The second-order valence-corrected chi connectivity index (χ2v) is 5.59. The van der Waals surface area contributed by atoms with Crippen LogP contribution in [0.15, 0.2) is 24.3 Å². The summed E-state index contributed by atoms with van der Waals surface area (Å²) in [5, 5.41) is 8.73. The van der Waals surface area contributed by atoms with Crippen LogP contribution >= 0.6 is 0 Å². The fourth-order valence-electron chi connectivity index (χ4n) is 2.54. The summed E-state index contributed by atoms with van der Waals surface area (Å²) in [7, 11) is 2.14. The summed E-state index contributed by atoms with van der Waals surface area (Å²) < 4.78 is 11.4. The Balaban J connectivity index is 1.59. The summed E-state index contributed by atoms with van der Waals surface area (Å²) in [5.74, 6) is 0.826. The normalized spacial score (nSPS) is 18.4. The van der Waals surface area contributed by atoms with Crippen molar-refractivity contribution in [2.75, 3.05) is 33.4 Å². The molecular weight excluding hydrogens is 264 g/mol. The zero-order valence-electron chi connectivity index (χ0n) is 12.8. The maximum atomic E-state index is 8.73. The molecule has 0 radical (unpaired) electrons. The van der Waals surface area contributed by atoms with Crippen molar-refractivity contribution in [3.8, 4) is 11.8 Å². The van der Waals surface area contributed by atoms with Gasteiger partial charge in [-0.1, -0.05) is 0 Å². The van der Waals surface area contributed by atoms with Crippen LogP contribution in [0.4, 0.5) is 0 Å². The van der Waals surface area contributed by atoms with Crippen LogP contribution in [0, 0.1) is 11.3 Å². The molecule has 0 aromatic heterocycles. The van der Waals surface area contributed by atoms with Crippen LogP contribution < -0.4 is 4.74 Å². The van der Waals surface area contributed by atoms with Crippen LogP contribution in [0.2, 0.25) is 0 Å². The van der Waals surface area contributed by atoms with Gasteiger partial charge in [-0.15, -0.1) is 0 Å². The monoisotopic (exact) mass is 288 g/mol. The van der Waals surface area contributed by atoms with Crippen LogP contribution in [-0.4, -0.2) is 44.4 Å². The van der Waals surface area contributed by atoms with Gasteiger partial charge in [0.25, 0.3) is 0 Å². The molecule has 0 spiro atoms. The van der Waals surface area contributed by atoms with Crippen molar-refractivity contribution in [3.63, 3.8) is 0 Å². The van der Waals surface area contributed by atoms with E-state index >= 15 is 0 Å². The summed E-state index contributed by atoms with van der Waals surface area (Å²) >= 11 is 0. The van der Waals surface area contributed by atoms with Crippen LogP contribution in [-0.2, 0) is 4.74 Å². The summed E-state index contributed by atoms with van der Waals surface area (Å²) in [4.78, 5) is 2.32. The summed E-state index contributed by atoms with van der Waals surface area (Å²) in [6.07, 6.45) is 5.08. The maximum absolute atomic E-state index is 8.73. The van der Waals surface area contributed by atoms with Crippen LogP contribution in [0.5, 0.6) is 5.75 Å². The Hall–Kier alpha value is -1.57. The lowest BCUT2D eigenvalue weighted by molar-refractivity contribution is -0.00193. The third kappa shape index (κ3) is 5.74. The second-order valence-electron chi connectivity index (χ2n) is 5.59. The van der Waals surface area contributed by atoms with Gasteiger partial charge in [0.1, 0.15) is 5.75 Å². The van der Waals surface area contributed by atoms with Crippen molar-refractivity contribution in [2.24, 2.45) is 0 Å². The highest BCUT2D eigenvalue weighted by Crippen LogP contribution is 2.14. The third-order valence-corrected chi connectivity index (χ3v) is 3.73. The van der Waals surface area contributed by atoms with Gasteiger partial charge in [-0.05, 0) is 57.0 Å². The van der Waals surface area contributed by atoms with Gasteiger partial charge in [-0.25, -0.2) is 0 Å². The molecule has 1 saturated heterocycles. The topological polar surface area (TPSA) is 45.5 Å². The van der Waals surface area contributed by atoms with Crippen LogP contribution in [0.1, 0.15) is 31.2 Å². The Labute approximate surface area is 127 Å². The third-order valence-electron chi connectivity index (χ3n) is 3.73. The number of likely N-dealkylation sites (N-methyl/N-ethyl adjacent to an activating group) is 1. The molecule has 0 amide bonds. The minimum absolute atomic E-state index is 0.406. The largest absolute Gasteiger partial charge is 0.494 e. The molecule has 2 rings (SSSR count). The Morgan fingerprint density at radius 1 is 1.33 bits per heavy atom. The van der Waals surface area contributed by atoms with Gasteiger partial charge in [0.15, 0.2) is 0 Å². The van der Waals surface area contributed by atoms with Gasteiger partial charge >= 0.3 is 0 Å². The van der Waals surface area contributed by atoms with E-state index in [1.165, 1.54) is 19.3 Å². The highest BCUT2D eigenvalue weighted by molar-refractivity contribution is 5.34. The van der Waals surface area contributed by atoms with E-state index in [9.17, 15) is 0 Å². The first-order chi connectivity index (χ1) is 10.3. The van der Waals surface area contributed by atoms with Gasteiger partial charge in [0.2, 0.25) is 0 Å². The number of nitriles is 1. The molecule has 1 aliphatic heterocycles. The molecule has 1 atom stereocenters. The van der Waals surface area contributed by atoms with Crippen molar-refractivity contribution >= 4 is 0 Å². The molecule has 1 unspecified atom stereocenters. The average Bonchev–Trinajstić information content (AvgIpc) is 2.53. The molecule has 114 valence electrons. The molecular formula is C17H24N2O2. The van der Waals surface area contributed by atoms with Gasteiger partial charge in [-0.2, -0.15) is 5.26 Å². The number of rotatable bonds is 7. The number of hydrogen-bond donors (Lipinski definition) is 0. The van der Waals surface area contributed by atoms with Crippen molar-refractivity contribution in [3.05, 3.63) is 29.8 Å². The first kappa shape index (κ1) is 15.8. The standard InChI is InChI=1S/C17H24N2O2/c1-19(14-17-5-2-3-11-21-17)10-4-12-20-16-8-6-15(13-18)7-9-16/h6-9,17H,2-5,10-12,14H2,1H3. The van der Waals surface area contributed by atoms with Gasteiger partial charge in [0, 0.05) is 19.7 Å². The maximum Gasteiger partial charge on any atom is 0.119 e. The predicted octanol–water partition coefficient (Wildman–Crippen LogP) is 2.83. The number of nitrogens with zero attached hydrogens (tertiary/aromatic N) is 2. The Morgan fingerprint density at radius 2 is 2.14 bits per heavy atom. The molecule has 0 N–H and O–H groups in total. The zero-order chi connectivity index (χ0) is 14.9. The average molecular weight is 288 g/mol. The highest BCUT2D eigenvalue weighted by atomic mass is 16.5. The molecule has 0 aliphatic carbocycles. The molecule has 1 fully saturated rings. The molecule has 1 aliphatic rings. The smallest absolute Gasteiger partial charge is 0.119 e. The minimum atomic E-state index is 0.406. The van der Waals surface area contributed by atoms with Crippen molar-refractivity contribution < 1.29 is 9.47 Å². The quantitative estimate of drug-likeness (QED) is 0.724. The van der Waals surface area contributed by atoms with Crippen molar-refractivity contribution in [1.29, 1.82) is 5.26 Å². The fraction of sp³-hybridized carbons (Fsp3) is 0.588. The SMILES string of the molecule is CN(CCCOc1ccc(C#N)cc1)CC1CCCCO1. The Bertz CT molecular complexity index is 447. The number of ether oxygens (including phenoxy) is 2. The predicted molar refractivity (Wildman–Crippen MR) is 82.4 cm³/mol. The van der Waals surface area contributed by atoms with Crippen molar-refractivity contribution in [1.82, 2.24) is 4.90 Å². The van der Waals surface area contributed by atoms with Gasteiger partial charge in [0.05, 0.1) is 24.3 Å². The fourth-order valence-corrected chi connectivity index (χ4v) is 2.54. The number of hydrogen-bond acceptors (Lipinski definition) is 4. The second kappa shape index (κ2) is 8.66. The first-order valence-corrected chi connectivity index (χ1v) is 7.71. The molecule has 4 heteroatoms. The van der Waals surface area contributed by atoms with Gasteiger partial charge < -0.3 is 14.4 Å². The Morgan fingerprint density at radius 3 is 2.81 bits per heavy atom. The van der Waals surface area contributed by atoms with Crippen LogP contribution in [0.25, 0.3) is 0 Å². The zero-order valence-corrected chi connectivity index (χ0v) is 12.8. The molecule has 21 heavy (non-hydrogen) atoms. The molecule has 1 heterocycles. The van der Waals surface area contributed by atoms with E-state index in [4.69, 9.17) is 14.7 Å². The molecule has 1 aromatic carbocycles. The highest BCUT2D eigenvalue weighted by Gasteiger charge is 2.15. The van der Waals surface area contributed by atoms with Crippen LogP contribution in [0.3, 0.4) is 0 Å². The Kier molecular flexibility index (Phi) is 6.52. The van der Waals surface area contributed by atoms with E-state index in [1.807, 2.05) is 12.1 Å². The summed E-state index contributed by atoms with van der Waals surface area (Å²) in [6.45, 7) is 3.63. The van der Waals surface area contributed by atoms with E-state index < -0.39 is 0 Å². The molecule has 0 saturated carbocycles. The van der Waals surface area contributed by atoms with E-state index in [0.717, 1.165) is 31.9 Å². The molecule has 0 bridgehead atoms.